The summed E-state index contributed by atoms with van der Waals surface area (Å²) in [6.07, 6.45) is 5.20. The molecule has 0 saturated heterocycles. The molecule has 1 aliphatic rings. The summed E-state index contributed by atoms with van der Waals surface area (Å²) in [5, 5.41) is 3.26. The van der Waals surface area contributed by atoms with Crippen molar-refractivity contribution in [3.8, 4) is 0 Å². The number of likely N-dealkylation sites (N-methyl/N-ethyl adjacent to an activating group) is 1. The van der Waals surface area contributed by atoms with Gasteiger partial charge in [-0.2, -0.15) is 0 Å². The second-order valence-electron chi connectivity index (χ2n) is 5.82. The fourth-order valence-electron chi connectivity index (χ4n) is 3.14. The molecule has 0 heterocycles. The lowest BCUT2D eigenvalue weighted by Gasteiger charge is -2.32. The van der Waals surface area contributed by atoms with E-state index in [-0.39, 0.29) is 11.6 Å². The minimum Gasteiger partial charge on any atom is -0.316 e. The zero-order valence-electron chi connectivity index (χ0n) is 11.8. The molecule has 19 heavy (non-hydrogen) atoms. The van der Waals surface area contributed by atoms with Gasteiger partial charge in [0.15, 0.2) is 0 Å². The van der Waals surface area contributed by atoms with Crippen LogP contribution in [0.2, 0.25) is 0 Å². The van der Waals surface area contributed by atoms with Gasteiger partial charge in [-0.3, -0.25) is 0 Å². The topological polar surface area (TPSA) is 12.0 Å². The first-order valence-electron chi connectivity index (χ1n) is 7.22. The molecule has 0 amide bonds. The second kappa shape index (κ2) is 6.47. The molecule has 0 bridgehead atoms. The van der Waals surface area contributed by atoms with Crippen LogP contribution < -0.4 is 5.32 Å². The van der Waals surface area contributed by atoms with Crippen molar-refractivity contribution in [1.29, 1.82) is 0 Å². The first-order chi connectivity index (χ1) is 9.11. The number of hydrogen-bond donors (Lipinski definition) is 1. The molecule has 0 aromatic heterocycles. The first kappa shape index (κ1) is 14.4. The van der Waals surface area contributed by atoms with Gasteiger partial charge in [0.1, 0.15) is 11.6 Å². The third-order valence-corrected chi connectivity index (χ3v) is 4.49. The maximum Gasteiger partial charge on any atom is 0.129 e. The van der Waals surface area contributed by atoms with Crippen LogP contribution in [0.15, 0.2) is 18.2 Å². The second-order valence-corrected chi connectivity index (χ2v) is 5.82. The van der Waals surface area contributed by atoms with Crippen LogP contribution >= 0.6 is 0 Å². The fourth-order valence-corrected chi connectivity index (χ4v) is 3.14. The van der Waals surface area contributed by atoms with E-state index in [1.54, 1.807) is 0 Å². The average Bonchev–Trinajstić information content (AvgIpc) is 2.40. The lowest BCUT2D eigenvalue weighted by molar-refractivity contribution is 0.233. The number of halogens is 2. The summed E-state index contributed by atoms with van der Waals surface area (Å²) in [7, 11) is 1.89. The van der Waals surface area contributed by atoms with Crippen LogP contribution in [-0.2, 0) is 6.42 Å². The molecule has 0 spiro atoms. The molecule has 1 unspecified atom stereocenters. The maximum absolute atomic E-state index is 13.7. The van der Waals surface area contributed by atoms with Crippen LogP contribution in [0.1, 0.15) is 38.2 Å². The van der Waals surface area contributed by atoms with Gasteiger partial charge in [0.25, 0.3) is 0 Å². The predicted molar refractivity (Wildman–Crippen MR) is 74.0 cm³/mol. The minimum absolute atomic E-state index is 0.166. The molecule has 0 aliphatic heterocycles. The molecule has 106 valence electrons. The highest BCUT2D eigenvalue weighted by atomic mass is 19.1. The van der Waals surface area contributed by atoms with E-state index in [1.807, 2.05) is 7.05 Å². The lowest BCUT2D eigenvalue weighted by atomic mass is 9.77. The molecule has 1 saturated carbocycles. The Labute approximate surface area is 114 Å². The van der Waals surface area contributed by atoms with E-state index in [0.717, 1.165) is 18.8 Å². The average molecular weight is 267 g/mol. The van der Waals surface area contributed by atoms with Gasteiger partial charge >= 0.3 is 0 Å². The van der Waals surface area contributed by atoms with E-state index >= 15 is 0 Å². The van der Waals surface area contributed by atoms with Crippen LogP contribution in [0.4, 0.5) is 8.78 Å². The molecular formula is C16H23F2N. The molecule has 3 heteroatoms. The highest BCUT2D eigenvalue weighted by molar-refractivity contribution is 5.21. The summed E-state index contributed by atoms with van der Waals surface area (Å²) in [5.41, 5.74) is 0.223. The van der Waals surface area contributed by atoms with Gasteiger partial charge in [-0.05, 0) is 50.3 Å². The van der Waals surface area contributed by atoms with Gasteiger partial charge in [0, 0.05) is 11.6 Å². The van der Waals surface area contributed by atoms with Crippen LogP contribution in [0, 0.1) is 23.5 Å². The summed E-state index contributed by atoms with van der Waals surface area (Å²) in [4.78, 5) is 0. The van der Waals surface area contributed by atoms with Gasteiger partial charge < -0.3 is 5.32 Å². The predicted octanol–water partition coefficient (Wildman–Crippen LogP) is 3.92. The summed E-state index contributed by atoms with van der Waals surface area (Å²) in [6.45, 7) is 2.28. The molecule has 1 fully saturated rings. The van der Waals surface area contributed by atoms with Crippen LogP contribution in [0.3, 0.4) is 0 Å². The Bertz CT molecular complexity index is 391. The minimum atomic E-state index is -0.426. The largest absolute Gasteiger partial charge is 0.316 e. The summed E-state index contributed by atoms with van der Waals surface area (Å²) in [6, 6.07) is 4.27. The van der Waals surface area contributed by atoms with Crippen molar-refractivity contribution in [2.45, 2.75) is 45.1 Å². The van der Waals surface area contributed by atoms with E-state index in [0.29, 0.717) is 12.3 Å². The van der Waals surface area contributed by atoms with Gasteiger partial charge in [-0.15, -0.1) is 0 Å². The number of nitrogens with one attached hydrogen (secondary N) is 1. The Morgan fingerprint density at radius 3 is 2.26 bits per heavy atom. The van der Waals surface area contributed by atoms with Crippen molar-refractivity contribution in [2.75, 3.05) is 7.05 Å². The number of rotatable bonds is 4. The Hall–Kier alpha value is -0.960. The Morgan fingerprint density at radius 1 is 1.16 bits per heavy atom. The summed E-state index contributed by atoms with van der Waals surface area (Å²) >= 11 is 0. The third kappa shape index (κ3) is 3.53. The normalized spacial score (nSPS) is 25.3. The number of hydrogen-bond acceptors (Lipinski definition) is 1. The van der Waals surface area contributed by atoms with E-state index < -0.39 is 11.6 Å². The molecule has 1 aliphatic carbocycles. The molecule has 1 N–H and O–H groups in total. The lowest BCUT2D eigenvalue weighted by Crippen LogP contribution is -2.38. The summed E-state index contributed by atoms with van der Waals surface area (Å²) < 4.78 is 27.4. The van der Waals surface area contributed by atoms with Crippen LogP contribution in [0.25, 0.3) is 0 Å². The molecule has 1 aromatic rings. The van der Waals surface area contributed by atoms with Gasteiger partial charge in [0.05, 0.1) is 0 Å². The molecule has 1 nitrogen and oxygen atoms in total. The molecule has 1 aromatic carbocycles. The van der Waals surface area contributed by atoms with Gasteiger partial charge in [-0.25, -0.2) is 8.78 Å². The fraction of sp³-hybridized carbons (Fsp3) is 0.625. The van der Waals surface area contributed by atoms with Crippen molar-refractivity contribution in [3.63, 3.8) is 0 Å². The Balaban J connectivity index is 2.06. The van der Waals surface area contributed by atoms with Crippen LogP contribution in [-0.4, -0.2) is 13.1 Å². The zero-order chi connectivity index (χ0) is 13.8. The molecule has 1 atom stereocenters. The zero-order valence-corrected chi connectivity index (χ0v) is 11.8. The Kier molecular flexibility index (Phi) is 4.92. The smallest absolute Gasteiger partial charge is 0.129 e. The van der Waals surface area contributed by atoms with Crippen molar-refractivity contribution in [3.05, 3.63) is 35.4 Å². The number of benzene rings is 1. The highest BCUT2D eigenvalue weighted by Gasteiger charge is 2.26. The van der Waals surface area contributed by atoms with E-state index in [2.05, 4.69) is 12.2 Å². The highest BCUT2D eigenvalue weighted by Crippen LogP contribution is 2.32. The molecule has 2 rings (SSSR count). The van der Waals surface area contributed by atoms with E-state index in [4.69, 9.17) is 0 Å². The molecule has 0 radical (unpaired) electrons. The van der Waals surface area contributed by atoms with E-state index in [1.165, 1.54) is 31.0 Å². The third-order valence-electron chi connectivity index (χ3n) is 4.49. The van der Waals surface area contributed by atoms with Crippen molar-refractivity contribution in [1.82, 2.24) is 5.32 Å². The van der Waals surface area contributed by atoms with Crippen LogP contribution in [0.5, 0.6) is 0 Å². The van der Waals surface area contributed by atoms with Gasteiger partial charge in [-0.1, -0.05) is 25.8 Å². The van der Waals surface area contributed by atoms with Crippen molar-refractivity contribution < 1.29 is 8.78 Å². The molecular weight excluding hydrogens is 244 g/mol. The quantitative estimate of drug-likeness (QED) is 0.871. The first-order valence-corrected chi connectivity index (χ1v) is 7.22. The summed E-state index contributed by atoms with van der Waals surface area (Å²) in [5.74, 6) is 0.466. The maximum atomic E-state index is 13.7. The monoisotopic (exact) mass is 267 g/mol. The van der Waals surface area contributed by atoms with Crippen molar-refractivity contribution >= 4 is 0 Å². The Morgan fingerprint density at radius 2 is 1.74 bits per heavy atom. The van der Waals surface area contributed by atoms with Crippen molar-refractivity contribution in [2.24, 2.45) is 11.8 Å². The SMILES string of the molecule is CNC(Cc1c(F)cccc1F)C1CCC(C)CC1. The standard InChI is InChI=1S/C16H23F2N/c1-11-6-8-12(9-7-11)16(19-2)10-13-14(17)4-3-5-15(13)18/h3-5,11-12,16,19H,6-10H2,1-2H3. The van der Waals surface area contributed by atoms with E-state index in [9.17, 15) is 8.78 Å². The van der Waals surface area contributed by atoms with Gasteiger partial charge in [0.2, 0.25) is 0 Å².